The Morgan fingerprint density at radius 2 is 1.89 bits per heavy atom. The van der Waals surface area contributed by atoms with Gasteiger partial charge < -0.3 is 18.9 Å². The van der Waals surface area contributed by atoms with Gasteiger partial charge in [-0.25, -0.2) is 4.79 Å². The van der Waals surface area contributed by atoms with Gasteiger partial charge in [0.2, 0.25) is 5.91 Å². The number of ether oxygens (including phenoxy) is 2. The van der Waals surface area contributed by atoms with Crippen molar-refractivity contribution in [3.63, 3.8) is 0 Å². The lowest BCUT2D eigenvalue weighted by molar-refractivity contribution is -0.137. The highest BCUT2D eigenvalue weighted by molar-refractivity contribution is 5.94. The van der Waals surface area contributed by atoms with E-state index in [9.17, 15) is 9.59 Å². The number of rotatable bonds is 6. The van der Waals surface area contributed by atoms with Gasteiger partial charge in [0.25, 0.3) is 5.89 Å². The van der Waals surface area contributed by atoms with Crippen molar-refractivity contribution in [2.24, 2.45) is 0 Å². The molecule has 3 rings (SSSR count). The molecule has 0 N–H and O–H groups in total. The SMILES string of the molecule is COC(=O)/C=C/C(=O)N1CCC(OC)(c2nc(Cc3ccccc3)no2)CC1. The second-order valence-corrected chi connectivity index (χ2v) is 6.56. The minimum absolute atomic E-state index is 0.245. The molecular weight excluding hydrogens is 362 g/mol. The number of amides is 1. The average Bonchev–Trinajstić information content (AvgIpc) is 3.21. The molecule has 28 heavy (non-hydrogen) atoms. The van der Waals surface area contributed by atoms with Crippen LogP contribution >= 0.6 is 0 Å². The first kappa shape index (κ1) is 19.8. The Morgan fingerprint density at radius 3 is 2.54 bits per heavy atom. The quantitative estimate of drug-likeness (QED) is 0.553. The van der Waals surface area contributed by atoms with Crippen molar-refractivity contribution in [2.45, 2.75) is 24.9 Å². The molecular formula is C20H23N3O5. The summed E-state index contributed by atoms with van der Waals surface area (Å²) in [6.07, 6.45) is 3.96. The van der Waals surface area contributed by atoms with Gasteiger partial charge in [0.1, 0.15) is 5.60 Å². The van der Waals surface area contributed by atoms with Crippen molar-refractivity contribution < 1.29 is 23.6 Å². The molecule has 0 atom stereocenters. The molecule has 0 unspecified atom stereocenters. The highest BCUT2D eigenvalue weighted by Crippen LogP contribution is 2.35. The summed E-state index contributed by atoms with van der Waals surface area (Å²) < 4.78 is 15.7. The minimum atomic E-state index is -0.717. The molecule has 1 aliphatic heterocycles. The van der Waals surface area contributed by atoms with Crippen molar-refractivity contribution >= 4 is 11.9 Å². The Balaban J connectivity index is 1.65. The number of likely N-dealkylation sites (tertiary alicyclic amines) is 1. The second kappa shape index (κ2) is 8.79. The summed E-state index contributed by atoms with van der Waals surface area (Å²) >= 11 is 0. The molecule has 1 saturated heterocycles. The van der Waals surface area contributed by atoms with E-state index in [2.05, 4.69) is 14.9 Å². The van der Waals surface area contributed by atoms with Gasteiger partial charge in [-0.2, -0.15) is 4.98 Å². The van der Waals surface area contributed by atoms with Crippen molar-refractivity contribution in [3.8, 4) is 0 Å². The fraction of sp³-hybridized carbons (Fsp3) is 0.400. The summed E-state index contributed by atoms with van der Waals surface area (Å²) in [5.74, 6) is 0.217. The van der Waals surface area contributed by atoms with Crippen LogP contribution < -0.4 is 0 Å². The summed E-state index contributed by atoms with van der Waals surface area (Å²) in [6.45, 7) is 0.906. The maximum absolute atomic E-state index is 12.2. The normalized spacial score (nSPS) is 16.3. The van der Waals surface area contributed by atoms with Crippen molar-refractivity contribution in [1.82, 2.24) is 15.0 Å². The molecule has 2 aromatic rings. The summed E-state index contributed by atoms with van der Waals surface area (Å²) in [6, 6.07) is 9.91. The molecule has 0 spiro atoms. The van der Waals surface area contributed by atoms with E-state index < -0.39 is 11.6 Å². The number of methoxy groups -OCH3 is 2. The lowest BCUT2D eigenvalue weighted by atomic mass is 9.90. The fourth-order valence-electron chi connectivity index (χ4n) is 3.20. The molecule has 1 aliphatic rings. The number of esters is 1. The third kappa shape index (κ3) is 4.45. The lowest BCUT2D eigenvalue weighted by Gasteiger charge is -2.37. The van der Waals surface area contributed by atoms with Gasteiger partial charge >= 0.3 is 5.97 Å². The van der Waals surface area contributed by atoms with Gasteiger partial charge in [-0.15, -0.1) is 0 Å². The highest BCUT2D eigenvalue weighted by atomic mass is 16.5. The molecule has 1 fully saturated rings. The molecule has 1 aromatic carbocycles. The first-order valence-corrected chi connectivity index (χ1v) is 9.03. The number of hydrogen-bond acceptors (Lipinski definition) is 7. The average molecular weight is 385 g/mol. The molecule has 2 heterocycles. The minimum Gasteiger partial charge on any atom is -0.466 e. The van der Waals surface area contributed by atoms with Crippen LogP contribution in [0.1, 0.15) is 30.1 Å². The Morgan fingerprint density at radius 1 is 1.18 bits per heavy atom. The smallest absolute Gasteiger partial charge is 0.330 e. The fourth-order valence-corrected chi connectivity index (χ4v) is 3.20. The summed E-state index contributed by atoms with van der Waals surface area (Å²) in [4.78, 5) is 29.5. The zero-order valence-corrected chi connectivity index (χ0v) is 16.0. The summed E-state index contributed by atoms with van der Waals surface area (Å²) in [5.41, 5.74) is 0.379. The topological polar surface area (TPSA) is 94.8 Å². The van der Waals surface area contributed by atoms with Crippen molar-refractivity contribution in [3.05, 3.63) is 59.8 Å². The van der Waals surface area contributed by atoms with Crippen LogP contribution in [0.4, 0.5) is 0 Å². The Kier molecular flexibility index (Phi) is 6.20. The van der Waals surface area contributed by atoms with Crippen molar-refractivity contribution in [2.75, 3.05) is 27.3 Å². The molecule has 0 aliphatic carbocycles. The zero-order valence-electron chi connectivity index (χ0n) is 16.0. The predicted octanol–water partition coefficient (Wildman–Crippen LogP) is 1.85. The molecule has 8 heteroatoms. The van der Waals surface area contributed by atoms with E-state index in [0.29, 0.717) is 44.1 Å². The lowest BCUT2D eigenvalue weighted by Crippen LogP contribution is -2.45. The molecule has 1 amide bonds. The van der Waals surface area contributed by atoms with Gasteiger partial charge in [0.15, 0.2) is 5.82 Å². The third-order valence-corrected chi connectivity index (χ3v) is 4.90. The van der Waals surface area contributed by atoms with Crippen LogP contribution in [0.15, 0.2) is 47.0 Å². The predicted molar refractivity (Wildman–Crippen MR) is 99.2 cm³/mol. The van der Waals surface area contributed by atoms with Gasteiger partial charge in [-0.3, -0.25) is 4.79 Å². The first-order chi connectivity index (χ1) is 13.6. The van der Waals surface area contributed by atoms with Gasteiger partial charge in [-0.1, -0.05) is 35.5 Å². The van der Waals surface area contributed by atoms with E-state index in [1.54, 1.807) is 12.0 Å². The van der Waals surface area contributed by atoms with Crippen LogP contribution in [-0.2, 0) is 31.1 Å². The molecule has 0 saturated carbocycles. The van der Waals surface area contributed by atoms with Crippen LogP contribution in [0.5, 0.6) is 0 Å². The van der Waals surface area contributed by atoms with E-state index in [-0.39, 0.29) is 5.91 Å². The van der Waals surface area contributed by atoms with Crippen LogP contribution in [0.25, 0.3) is 0 Å². The number of piperidine rings is 1. The summed E-state index contributed by atoms with van der Waals surface area (Å²) in [7, 11) is 2.87. The van der Waals surface area contributed by atoms with E-state index >= 15 is 0 Å². The number of carbonyl (C=O) groups excluding carboxylic acids is 2. The van der Waals surface area contributed by atoms with Gasteiger partial charge in [0.05, 0.1) is 7.11 Å². The Hall–Kier alpha value is -3.00. The second-order valence-electron chi connectivity index (χ2n) is 6.56. The Labute approximate surface area is 163 Å². The van der Waals surface area contributed by atoms with Crippen LogP contribution in [0.3, 0.4) is 0 Å². The van der Waals surface area contributed by atoms with Crippen LogP contribution in [0, 0.1) is 0 Å². The maximum Gasteiger partial charge on any atom is 0.330 e. The highest BCUT2D eigenvalue weighted by Gasteiger charge is 2.42. The largest absolute Gasteiger partial charge is 0.466 e. The third-order valence-electron chi connectivity index (χ3n) is 4.90. The molecule has 0 radical (unpaired) electrons. The maximum atomic E-state index is 12.2. The number of carbonyl (C=O) groups is 2. The van der Waals surface area contributed by atoms with E-state index in [0.717, 1.165) is 11.6 Å². The van der Waals surface area contributed by atoms with Crippen LogP contribution in [-0.4, -0.2) is 54.2 Å². The summed E-state index contributed by atoms with van der Waals surface area (Å²) in [5, 5.41) is 4.08. The van der Waals surface area contributed by atoms with E-state index in [1.807, 2.05) is 30.3 Å². The van der Waals surface area contributed by atoms with Crippen LogP contribution in [0.2, 0.25) is 0 Å². The van der Waals surface area contributed by atoms with Crippen molar-refractivity contribution in [1.29, 1.82) is 0 Å². The number of aromatic nitrogens is 2. The standard InChI is InChI=1S/C20H23N3O5/c1-26-18(25)9-8-17(24)23-12-10-20(27-2,11-13-23)19-21-16(22-28-19)14-15-6-4-3-5-7-15/h3-9H,10-14H2,1-2H3/b9-8+. The monoisotopic (exact) mass is 385 g/mol. The first-order valence-electron chi connectivity index (χ1n) is 9.03. The number of benzene rings is 1. The Bertz CT molecular complexity index is 839. The zero-order chi connectivity index (χ0) is 20.0. The molecule has 148 valence electrons. The molecule has 1 aromatic heterocycles. The number of nitrogens with zero attached hydrogens (tertiary/aromatic N) is 3. The van der Waals surface area contributed by atoms with Gasteiger partial charge in [-0.05, 0) is 5.56 Å². The van der Waals surface area contributed by atoms with E-state index in [4.69, 9.17) is 9.26 Å². The number of hydrogen-bond donors (Lipinski definition) is 0. The molecule has 8 nitrogen and oxygen atoms in total. The van der Waals surface area contributed by atoms with E-state index in [1.165, 1.54) is 13.2 Å². The molecule has 0 bridgehead atoms. The van der Waals surface area contributed by atoms with Gasteiger partial charge in [0, 0.05) is 51.6 Å².